The second-order valence-corrected chi connectivity index (χ2v) is 7.66. The molecule has 1 fully saturated rings. The van der Waals surface area contributed by atoms with Crippen molar-refractivity contribution in [2.24, 2.45) is 0 Å². The highest BCUT2D eigenvalue weighted by Gasteiger charge is 2.30. The zero-order valence-corrected chi connectivity index (χ0v) is 16.0. The van der Waals surface area contributed by atoms with Gasteiger partial charge in [-0.15, -0.1) is 0 Å². The van der Waals surface area contributed by atoms with E-state index in [0.717, 1.165) is 19.3 Å². The number of imidazole rings is 1. The number of hydrogen-bond donors (Lipinski definition) is 2. The maximum Gasteiger partial charge on any atom is 0.229 e. The van der Waals surface area contributed by atoms with Gasteiger partial charge in [-0.05, 0) is 43.9 Å². The fourth-order valence-corrected chi connectivity index (χ4v) is 3.70. The number of nitrogens with one attached hydrogen (secondary N) is 1. The number of rotatable bonds is 5. The summed E-state index contributed by atoms with van der Waals surface area (Å²) in [5, 5.41) is 22.6. The smallest absolute Gasteiger partial charge is 0.229 e. The van der Waals surface area contributed by atoms with E-state index in [1.165, 1.54) is 6.07 Å². The Morgan fingerprint density at radius 1 is 1.34 bits per heavy atom. The van der Waals surface area contributed by atoms with Gasteiger partial charge in [0, 0.05) is 6.04 Å². The molecule has 1 heterocycles. The maximum absolute atomic E-state index is 14.9. The number of halogens is 1. The summed E-state index contributed by atoms with van der Waals surface area (Å²) < 4.78 is 16.5. The van der Waals surface area contributed by atoms with Gasteiger partial charge in [-0.2, -0.15) is 5.26 Å². The van der Waals surface area contributed by atoms with E-state index in [0.29, 0.717) is 11.1 Å². The van der Waals surface area contributed by atoms with Crippen LogP contribution in [0.3, 0.4) is 0 Å². The first kappa shape index (κ1) is 19.1. The molecule has 0 unspecified atom stereocenters. The fraction of sp³-hybridized carbons (Fsp3) is 0.318. The summed E-state index contributed by atoms with van der Waals surface area (Å²) in [7, 11) is 0. The third kappa shape index (κ3) is 3.47. The summed E-state index contributed by atoms with van der Waals surface area (Å²) in [5.41, 5.74) is -0.148. The molecule has 7 heteroatoms. The number of amides is 1. The molecule has 6 nitrogen and oxygen atoms in total. The van der Waals surface area contributed by atoms with Gasteiger partial charge < -0.3 is 9.67 Å². The predicted octanol–water partition coefficient (Wildman–Crippen LogP) is 4.01. The Kier molecular flexibility index (Phi) is 4.81. The van der Waals surface area contributed by atoms with Gasteiger partial charge in [0.25, 0.3) is 0 Å². The molecule has 2 aromatic carbocycles. The van der Waals surface area contributed by atoms with Crippen LogP contribution in [0.1, 0.15) is 49.8 Å². The van der Waals surface area contributed by atoms with Crippen LogP contribution < -0.4 is 5.32 Å². The second-order valence-electron chi connectivity index (χ2n) is 7.66. The van der Waals surface area contributed by atoms with Crippen molar-refractivity contribution >= 4 is 22.9 Å². The molecule has 1 atom stereocenters. The Morgan fingerprint density at radius 3 is 2.69 bits per heavy atom. The molecule has 0 bridgehead atoms. The number of hydrogen-bond acceptors (Lipinski definition) is 4. The summed E-state index contributed by atoms with van der Waals surface area (Å²) in [5.74, 6) is -0.801. The van der Waals surface area contributed by atoms with E-state index in [-0.39, 0.29) is 29.5 Å². The van der Waals surface area contributed by atoms with Crippen molar-refractivity contribution in [2.45, 2.75) is 44.2 Å². The number of carbonyl (C=O) groups excluding carboxylic acids is 1. The number of nitrogens with zero attached hydrogens (tertiary/aromatic N) is 3. The van der Waals surface area contributed by atoms with Crippen molar-refractivity contribution < 1.29 is 14.3 Å². The van der Waals surface area contributed by atoms with Crippen molar-refractivity contribution in [1.82, 2.24) is 9.55 Å². The van der Waals surface area contributed by atoms with Crippen molar-refractivity contribution in [1.29, 1.82) is 5.26 Å². The molecule has 1 aliphatic rings. The molecule has 0 radical (unpaired) electrons. The zero-order chi connectivity index (χ0) is 20.6. The minimum atomic E-state index is -1.35. The van der Waals surface area contributed by atoms with E-state index in [9.17, 15) is 14.3 Å². The van der Waals surface area contributed by atoms with Gasteiger partial charge in [0.2, 0.25) is 11.9 Å². The lowest BCUT2D eigenvalue weighted by atomic mass is 9.92. The first-order valence-corrected chi connectivity index (χ1v) is 9.59. The third-order valence-corrected chi connectivity index (χ3v) is 5.50. The van der Waals surface area contributed by atoms with Crippen LogP contribution in [0.25, 0.3) is 11.0 Å². The number of carbonyl (C=O) groups is 1. The molecular formula is C22H21FN4O2. The summed E-state index contributed by atoms with van der Waals surface area (Å²) in [6, 6.07) is 13.8. The van der Waals surface area contributed by atoms with Gasteiger partial charge in [-0.1, -0.05) is 30.3 Å². The van der Waals surface area contributed by atoms with Crippen molar-refractivity contribution in [3.05, 3.63) is 59.4 Å². The Bertz CT molecular complexity index is 1110. The fourth-order valence-electron chi connectivity index (χ4n) is 3.70. The van der Waals surface area contributed by atoms with Crippen molar-refractivity contribution in [2.75, 3.05) is 5.32 Å². The minimum Gasteiger partial charge on any atom is -0.385 e. The zero-order valence-electron chi connectivity index (χ0n) is 16.0. The highest BCUT2D eigenvalue weighted by Crippen LogP contribution is 2.38. The minimum absolute atomic E-state index is 0.0216. The van der Waals surface area contributed by atoms with Crippen molar-refractivity contribution in [3.8, 4) is 6.07 Å². The van der Waals surface area contributed by atoms with E-state index in [1.807, 2.05) is 12.1 Å². The SMILES string of the molecule is C[C@](O)(CC(=O)Nc1nc2ccc(C#N)c(F)c2n1C1CCC1)c1ccccc1. The monoisotopic (exact) mass is 392 g/mol. The quantitative estimate of drug-likeness (QED) is 0.686. The van der Waals surface area contributed by atoms with Gasteiger partial charge in [0.1, 0.15) is 11.6 Å². The lowest BCUT2D eigenvalue weighted by molar-refractivity contribution is -0.120. The van der Waals surface area contributed by atoms with E-state index < -0.39 is 17.3 Å². The Morgan fingerprint density at radius 2 is 2.07 bits per heavy atom. The maximum atomic E-state index is 14.9. The van der Waals surface area contributed by atoms with E-state index in [1.54, 1.807) is 41.8 Å². The normalized spacial score (nSPS) is 16.1. The van der Waals surface area contributed by atoms with Crippen LogP contribution >= 0.6 is 0 Å². The first-order valence-electron chi connectivity index (χ1n) is 9.59. The van der Waals surface area contributed by atoms with E-state index in [4.69, 9.17) is 5.26 Å². The molecule has 0 saturated heterocycles. The molecule has 29 heavy (non-hydrogen) atoms. The number of aliphatic hydroxyl groups is 1. The first-order chi connectivity index (χ1) is 13.9. The van der Waals surface area contributed by atoms with E-state index >= 15 is 0 Å². The number of benzene rings is 2. The topological polar surface area (TPSA) is 90.9 Å². The molecule has 1 aliphatic carbocycles. The van der Waals surface area contributed by atoms with Gasteiger partial charge in [-0.25, -0.2) is 9.37 Å². The van der Waals surface area contributed by atoms with Gasteiger partial charge in [0.15, 0.2) is 5.82 Å². The Labute approximate surface area is 167 Å². The summed E-state index contributed by atoms with van der Waals surface area (Å²) in [4.78, 5) is 17.1. The highest BCUT2D eigenvalue weighted by atomic mass is 19.1. The standard InChI is InChI=1S/C22H21FN4O2/c1-22(29,15-6-3-2-4-7-15)12-18(28)26-21-25-17-11-10-14(13-24)19(23)20(17)27(21)16-8-5-9-16/h2-4,6-7,10-11,16,29H,5,8-9,12H2,1H3,(H,25,26,28)/t22-/m0/s1. The summed E-state index contributed by atoms with van der Waals surface area (Å²) in [6.45, 7) is 1.58. The number of aromatic nitrogens is 2. The Balaban J connectivity index is 1.66. The Hall–Kier alpha value is -3.24. The molecule has 1 aromatic heterocycles. The lowest BCUT2D eigenvalue weighted by Gasteiger charge is -2.29. The van der Waals surface area contributed by atoms with E-state index in [2.05, 4.69) is 10.3 Å². The molecule has 0 aliphatic heterocycles. The van der Waals surface area contributed by atoms with Crippen LogP contribution in [0.5, 0.6) is 0 Å². The number of anilines is 1. The third-order valence-electron chi connectivity index (χ3n) is 5.50. The lowest BCUT2D eigenvalue weighted by Crippen LogP contribution is -2.30. The predicted molar refractivity (Wildman–Crippen MR) is 107 cm³/mol. The number of fused-ring (bicyclic) bond motifs is 1. The average molecular weight is 392 g/mol. The van der Waals surface area contributed by atoms with Crippen molar-refractivity contribution in [3.63, 3.8) is 0 Å². The molecule has 4 rings (SSSR count). The van der Waals surface area contributed by atoms with Crippen LogP contribution in [-0.4, -0.2) is 20.6 Å². The highest BCUT2D eigenvalue weighted by molar-refractivity contribution is 5.92. The van der Waals surface area contributed by atoms with Gasteiger partial charge >= 0.3 is 0 Å². The van der Waals surface area contributed by atoms with Crippen LogP contribution in [-0.2, 0) is 10.4 Å². The summed E-state index contributed by atoms with van der Waals surface area (Å²) in [6.07, 6.45) is 2.55. The van der Waals surface area contributed by atoms with Crippen LogP contribution in [0.2, 0.25) is 0 Å². The van der Waals surface area contributed by atoms with Gasteiger partial charge in [0.05, 0.1) is 23.1 Å². The molecular weight excluding hydrogens is 371 g/mol. The molecule has 2 N–H and O–H groups in total. The van der Waals surface area contributed by atoms with Gasteiger partial charge in [-0.3, -0.25) is 10.1 Å². The molecule has 1 saturated carbocycles. The molecule has 3 aromatic rings. The molecule has 0 spiro atoms. The average Bonchev–Trinajstić information content (AvgIpc) is 2.99. The molecule has 148 valence electrons. The van der Waals surface area contributed by atoms with Crippen LogP contribution in [0.15, 0.2) is 42.5 Å². The second kappa shape index (κ2) is 7.30. The van der Waals surface area contributed by atoms with Crippen LogP contribution in [0.4, 0.5) is 10.3 Å². The summed E-state index contributed by atoms with van der Waals surface area (Å²) >= 11 is 0. The number of nitriles is 1. The molecule has 1 amide bonds. The van der Waals surface area contributed by atoms with Crippen LogP contribution in [0, 0.1) is 17.1 Å². The largest absolute Gasteiger partial charge is 0.385 e.